The van der Waals surface area contributed by atoms with E-state index in [0.717, 1.165) is 41.2 Å². The average Bonchev–Trinajstić information content (AvgIpc) is 3.41. The van der Waals surface area contributed by atoms with Gasteiger partial charge in [-0.05, 0) is 49.9 Å². The Kier molecular flexibility index (Phi) is 3.97. The molecule has 1 N–H and O–H groups in total. The van der Waals surface area contributed by atoms with Gasteiger partial charge in [-0.2, -0.15) is 10.1 Å². The van der Waals surface area contributed by atoms with Gasteiger partial charge in [-0.15, -0.1) is 0 Å². The molecule has 2 aliphatic rings. The smallest absolute Gasteiger partial charge is 0.257 e. The maximum Gasteiger partial charge on any atom is 0.257 e. The highest BCUT2D eigenvalue weighted by Gasteiger charge is 2.36. The molecule has 4 heterocycles. The summed E-state index contributed by atoms with van der Waals surface area (Å²) in [7, 11) is 3.56. The fraction of sp³-hybridized carbons (Fsp3) is 0.450. The van der Waals surface area contributed by atoms with Crippen molar-refractivity contribution in [1.82, 2.24) is 25.2 Å². The predicted octanol–water partition coefficient (Wildman–Crippen LogP) is 3.14. The van der Waals surface area contributed by atoms with Gasteiger partial charge in [-0.1, -0.05) is 5.16 Å². The lowest BCUT2D eigenvalue weighted by Crippen LogP contribution is -2.37. The van der Waals surface area contributed by atoms with Crippen LogP contribution in [-0.2, 0) is 7.05 Å². The van der Waals surface area contributed by atoms with Gasteiger partial charge in [-0.3, -0.25) is 4.68 Å². The first-order valence-corrected chi connectivity index (χ1v) is 9.47. The number of hydrogen-bond acceptors (Lipinski definition) is 6. The number of hydrogen-bond donors (Lipinski definition) is 1. The van der Waals surface area contributed by atoms with Gasteiger partial charge in [0.25, 0.3) is 5.89 Å². The number of benzene rings is 1. The normalized spacial score (nSPS) is 24.3. The number of methoxy groups -OCH3 is 1. The minimum atomic E-state index is 0.384. The number of piperidine rings is 1. The molecule has 0 radical (unpaired) electrons. The van der Waals surface area contributed by atoms with Crippen LogP contribution in [0.15, 0.2) is 35.0 Å². The van der Waals surface area contributed by atoms with E-state index in [4.69, 9.17) is 14.2 Å². The molecule has 0 saturated carbocycles. The number of nitrogens with one attached hydrogen (secondary N) is 1. The molecule has 2 bridgehead atoms. The third kappa shape index (κ3) is 3.02. The molecule has 0 aliphatic carbocycles. The number of nitrogens with zero attached hydrogens (tertiary/aromatic N) is 4. The average molecular weight is 365 g/mol. The summed E-state index contributed by atoms with van der Waals surface area (Å²) in [5, 5.41) is 12.4. The molecular formula is C20H23N5O2. The molecule has 2 aliphatic heterocycles. The number of aryl methyl sites for hydroxylation is 1. The zero-order chi connectivity index (χ0) is 18.4. The minimum Gasteiger partial charge on any atom is -0.496 e. The molecule has 140 valence electrons. The Bertz CT molecular complexity index is 951. The standard InChI is InChI=1S/C20H23N5O2/c1-25-8-7-17(23-25)16-11-12(3-6-18(16)26-2)20-22-19(24-27-20)13-9-14-4-5-15(10-13)21-14/h3,6-8,11,13-15,21H,4-5,9-10H2,1-2H3. The van der Waals surface area contributed by atoms with E-state index < -0.39 is 0 Å². The van der Waals surface area contributed by atoms with E-state index in [-0.39, 0.29) is 0 Å². The highest BCUT2D eigenvalue weighted by atomic mass is 16.5. The second kappa shape index (κ2) is 6.49. The Morgan fingerprint density at radius 1 is 1.19 bits per heavy atom. The molecular weight excluding hydrogens is 342 g/mol. The second-order valence-corrected chi connectivity index (χ2v) is 7.55. The molecule has 0 spiro atoms. The van der Waals surface area contributed by atoms with Gasteiger partial charge in [0.05, 0.1) is 12.8 Å². The van der Waals surface area contributed by atoms with E-state index in [2.05, 4.69) is 15.6 Å². The first kappa shape index (κ1) is 16.5. The van der Waals surface area contributed by atoms with E-state index in [1.807, 2.05) is 37.5 Å². The molecule has 2 fully saturated rings. The quantitative estimate of drug-likeness (QED) is 0.765. The summed E-state index contributed by atoms with van der Waals surface area (Å²) in [6.45, 7) is 0. The molecule has 2 atom stereocenters. The van der Waals surface area contributed by atoms with Crippen molar-refractivity contribution in [3.05, 3.63) is 36.3 Å². The third-order valence-electron chi connectivity index (χ3n) is 5.72. The molecule has 0 amide bonds. The van der Waals surface area contributed by atoms with Gasteiger partial charge in [0.15, 0.2) is 5.82 Å². The largest absolute Gasteiger partial charge is 0.496 e. The van der Waals surface area contributed by atoms with Crippen LogP contribution in [0.5, 0.6) is 5.75 Å². The Morgan fingerprint density at radius 2 is 2.00 bits per heavy atom. The summed E-state index contributed by atoms with van der Waals surface area (Å²) in [6, 6.07) is 9.05. The molecule has 2 unspecified atom stereocenters. The van der Waals surface area contributed by atoms with Crippen molar-refractivity contribution < 1.29 is 9.26 Å². The Hall–Kier alpha value is -2.67. The van der Waals surface area contributed by atoms with Gasteiger partial charge in [0.1, 0.15) is 5.75 Å². The van der Waals surface area contributed by atoms with Crippen molar-refractivity contribution in [2.75, 3.05) is 7.11 Å². The number of fused-ring (bicyclic) bond motifs is 2. The van der Waals surface area contributed by atoms with Crippen LogP contribution >= 0.6 is 0 Å². The molecule has 3 aromatic rings. The number of aromatic nitrogens is 4. The van der Waals surface area contributed by atoms with Gasteiger partial charge in [0, 0.05) is 42.4 Å². The molecule has 7 heteroatoms. The summed E-state index contributed by atoms with van der Waals surface area (Å²) in [5.41, 5.74) is 2.65. The lowest BCUT2D eigenvalue weighted by molar-refractivity contribution is 0.340. The minimum absolute atomic E-state index is 0.384. The summed E-state index contributed by atoms with van der Waals surface area (Å²) in [6.07, 6.45) is 6.63. The van der Waals surface area contributed by atoms with E-state index in [1.54, 1.807) is 11.8 Å². The summed E-state index contributed by atoms with van der Waals surface area (Å²) in [5.74, 6) is 2.54. The van der Waals surface area contributed by atoms with E-state index in [1.165, 1.54) is 12.8 Å². The van der Waals surface area contributed by atoms with Crippen molar-refractivity contribution in [2.45, 2.75) is 43.7 Å². The fourth-order valence-corrected chi connectivity index (χ4v) is 4.39. The van der Waals surface area contributed by atoms with Crippen LogP contribution in [0.3, 0.4) is 0 Å². The molecule has 2 aromatic heterocycles. The van der Waals surface area contributed by atoms with E-state index in [9.17, 15) is 0 Å². The first-order valence-electron chi connectivity index (χ1n) is 9.47. The van der Waals surface area contributed by atoms with Crippen molar-refractivity contribution >= 4 is 0 Å². The molecule has 7 nitrogen and oxygen atoms in total. The highest BCUT2D eigenvalue weighted by molar-refractivity contribution is 5.73. The fourth-order valence-electron chi connectivity index (χ4n) is 4.39. The Balaban J connectivity index is 1.46. The highest BCUT2D eigenvalue weighted by Crippen LogP contribution is 2.37. The molecule has 27 heavy (non-hydrogen) atoms. The van der Waals surface area contributed by atoms with E-state index in [0.29, 0.717) is 23.9 Å². The lowest BCUT2D eigenvalue weighted by Gasteiger charge is -2.26. The summed E-state index contributed by atoms with van der Waals surface area (Å²) < 4.78 is 12.9. The molecule has 5 rings (SSSR count). The molecule has 1 aromatic carbocycles. The SMILES string of the molecule is COc1ccc(-c2nc(C3CC4CCC(C3)N4)no2)cc1-c1ccn(C)n1. The monoisotopic (exact) mass is 365 g/mol. The van der Waals surface area contributed by atoms with Crippen LogP contribution in [0.25, 0.3) is 22.7 Å². The van der Waals surface area contributed by atoms with Crippen LogP contribution in [-0.4, -0.2) is 39.1 Å². The summed E-state index contributed by atoms with van der Waals surface area (Å²) >= 11 is 0. The zero-order valence-corrected chi connectivity index (χ0v) is 15.6. The lowest BCUT2D eigenvalue weighted by atomic mass is 9.92. The summed E-state index contributed by atoms with van der Waals surface area (Å²) in [4.78, 5) is 4.72. The van der Waals surface area contributed by atoms with Gasteiger partial charge < -0.3 is 14.6 Å². The van der Waals surface area contributed by atoms with Gasteiger partial charge >= 0.3 is 0 Å². The number of rotatable bonds is 4. The van der Waals surface area contributed by atoms with Crippen molar-refractivity contribution in [2.24, 2.45) is 7.05 Å². The third-order valence-corrected chi connectivity index (χ3v) is 5.72. The predicted molar refractivity (Wildman–Crippen MR) is 100 cm³/mol. The van der Waals surface area contributed by atoms with Crippen molar-refractivity contribution in [1.29, 1.82) is 0 Å². The number of ether oxygens (including phenoxy) is 1. The van der Waals surface area contributed by atoms with Crippen LogP contribution in [0.4, 0.5) is 0 Å². The zero-order valence-electron chi connectivity index (χ0n) is 15.6. The van der Waals surface area contributed by atoms with Crippen LogP contribution in [0.2, 0.25) is 0 Å². The van der Waals surface area contributed by atoms with Crippen molar-refractivity contribution in [3.63, 3.8) is 0 Å². The van der Waals surface area contributed by atoms with Crippen molar-refractivity contribution in [3.8, 4) is 28.5 Å². The Morgan fingerprint density at radius 3 is 2.70 bits per heavy atom. The maximum absolute atomic E-state index is 5.62. The maximum atomic E-state index is 5.62. The van der Waals surface area contributed by atoms with Gasteiger partial charge in [-0.25, -0.2) is 0 Å². The van der Waals surface area contributed by atoms with Crippen LogP contribution < -0.4 is 10.1 Å². The topological polar surface area (TPSA) is 78.0 Å². The first-order chi connectivity index (χ1) is 13.2. The van der Waals surface area contributed by atoms with Gasteiger partial charge in [0.2, 0.25) is 0 Å². The molecule has 2 saturated heterocycles. The second-order valence-electron chi connectivity index (χ2n) is 7.55. The van der Waals surface area contributed by atoms with Crippen LogP contribution in [0.1, 0.15) is 37.4 Å². The van der Waals surface area contributed by atoms with Crippen LogP contribution in [0, 0.1) is 0 Å². The Labute approximate surface area is 157 Å². The van der Waals surface area contributed by atoms with E-state index >= 15 is 0 Å².